The number of aryl methyl sites for hydroxylation is 1. The summed E-state index contributed by atoms with van der Waals surface area (Å²) in [5.41, 5.74) is 0.813. The summed E-state index contributed by atoms with van der Waals surface area (Å²) >= 11 is 6.13. The van der Waals surface area contributed by atoms with E-state index in [9.17, 15) is 4.79 Å². The second kappa shape index (κ2) is 9.69. The number of halogens is 1. The van der Waals surface area contributed by atoms with E-state index < -0.39 is 0 Å². The highest BCUT2D eigenvalue weighted by atomic mass is 35.5. The fraction of sp³-hybridized carbons (Fsp3) is 0.526. The van der Waals surface area contributed by atoms with Gasteiger partial charge in [-0.3, -0.25) is 4.79 Å². The third-order valence-electron chi connectivity index (χ3n) is 3.92. The van der Waals surface area contributed by atoms with Crippen molar-refractivity contribution >= 4 is 34.2 Å². The van der Waals surface area contributed by atoms with Crippen molar-refractivity contribution in [3.05, 3.63) is 29.0 Å². The van der Waals surface area contributed by atoms with Gasteiger partial charge in [0.2, 0.25) is 5.91 Å². The van der Waals surface area contributed by atoms with E-state index in [0.717, 1.165) is 29.0 Å². The van der Waals surface area contributed by atoms with Crippen LogP contribution in [0.15, 0.2) is 18.2 Å². The van der Waals surface area contributed by atoms with E-state index in [1.165, 1.54) is 0 Å². The Hall–Kier alpha value is -1.92. The molecular formula is C19H27ClN4O2. The van der Waals surface area contributed by atoms with Gasteiger partial charge in [-0.05, 0) is 32.0 Å². The summed E-state index contributed by atoms with van der Waals surface area (Å²) in [7, 11) is 1.67. The number of hydrogen-bond donors (Lipinski definition) is 1. The Balaban J connectivity index is 2.35. The Kier molecular flexibility index (Phi) is 7.60. The number of amides is 1. The van der Waals surface area contributed by atoms with Crippen LogP contribution in [0.4, 0.5) is 5.82 Å². The quantitative estimate of drug-likeness (QED) is 0.725. The van der Waals surface area contributed by atoms with Crippen molar-refractivity contribution in [3.8, 4) is 0 Å². The van der Waals surface area contributed by atoms with Gasteiger partial charge in [-0.1, -0.05) is 18.5 Å². The summed E-state index contributed by atoms with van der Waals surface area (Å²) in [6, 6.07) is 5.74. The minimum Gasteiger partial charge on any atom is -0.383 e. The molecule has 0 spiro atoms. The fourth-order valence-corrected chi connectivity index (χ4v) is 2.85. The first kappa shape index (κ1) is 20.4. The van der Waals surface area contributed by atoms with Crippen LogP contribution in [-0.2, 0) is 16.0 Å². The predicted octanol–water partition coefficient (Wildman–Crippen LogP) is 3.21. The number of nitrogens with one attached hydrogen (secondary N) is 1. The van der Waals surface area contributed by atoms with Gasteiger partial charge in [0.05, 0.1) is 12.1 Å². The molecule has 0 fully saturated rings. The first-order valence-corrected chi connectivity index (χ1v) is 9.31. The lowest BCUT2D eigenvalue weighted by Crippen LogP contribution is -2.36. The maximum Gasteiger partial charge on any atom is 0.221 e. The molecule has 0 unspecified atom stereocenters. The lowest BCUT2D eigenvalue weighted by Gasteiger charge is -2.25. The number of anilines is 1. The fourth-order valence-electron chi connectivity index (χ4n) is 2.69. The topological polar surface area (TPSA) is 67.4 Å². The van der Waals surface area contributed by atoms with Crippen molar-refractivity contribution in [2.24, 2.45) is 0 Å². The molecule has 7 heteroatoms. The van der Waals surface area contributed by atoms with Gasteiger partial charge in [0, 0.05) is 49.5 Å². The summed E-state index contributed by atoms with van der Waals surface area (Å²) in [6.45, 7) is 7.67. The molecule has 0 saturated carbocycles. The zero-order valence-electron chi connectivity index (χ0n) is 15.9. The van der Waals surface area contributed by atoms with Gasteiger partial charge in [0.1, 0.15) is 11.6 Å². The molecule has 142 valence electrons. The van der Waals surface area contributed by atoms with E-state index in [0.29, 0.717) is 31.1 Å². The van der Waals surface area contributed by atoms with Crippen LogP contribution < -0.4 is 10.2 Å². The average molecular weight is 379 g/mol. The van der Waals surface area contributed by atoms with Gasteiger partial charge in [-0.25, -0.2) is 9.97 Å². The molecule has 0 aliphatic heterocycles. The third kappa shape index (κ3) is 5.54. The summed E-state index contributed by atoms with van der Waals surface area (Å²) in [6.07, 6.45) is 1.11. The number of hydrogen-bond acceptors (Lipinski definition) is 5. The van der Waals surface area contributed by atoms with Crippen LogP contribution in [0.2, 0.25) is 5.02 Å². The lowest BCUT2D eigenvalue weighted by atomic mass is 10.2. The Morgan fingerprint density at radius 1 is 1.31 bits per heavy atom. The Bertz CT molecular complexity index is 752. The molecule has 2 aromatic rings. The molecule has 0 radical (unpaired) electrons. The van der Waals surface area contributed by atoms with Crippen molar-refractivity contribution in [2.45, 2.75) is 39.7 Å². The lowest BCUT2D eigenvalue weighted by molar-refractivity contribution is -0.121. The first-order valence-electron chi connectivity index (χ1n) is 8.94. The Morgan fingerprint density at radius 3 is 2.73 bits per heavy atom. The van der Waals surface area contributed by atoms with Crippen molar-refractivity contribution in [2.75, 3.05) is 31.7 Å². The van der Waals surface area contributed by atoms with E-state index in [2.05, 4.69) is 15.2 Å². The largest absolute Gasteiger partial charge is 0.383 e. The van der Waals surface area contributed by atoms with Crippen LogP contribution in [0.3, 0.4) is 0 Å². The highest BCUT2D eigenvalue weighted by Crippen LogP contribution is 2.26. The highest BCUT2D eigenvalue weighted by molar-refractivity contribution is 6.31. The Morgan fingerprint density at radius 2 is 2.08 bits per heavy atom. The normalized spacial score (nSPS) is 11.2. The van der Waals surface area contributed by atoms with Gasteiger partial charge in [0.15, 0.2) is 0 Å². The van der Waals surface area contributed by atoms with Gasteiger partial charge in [-0.2, -0.15) is 0 Å². The van der Waals surface area contributed by atoms with E-state index in [4.69, 9.17) is 21.3 Å². The molecule has 1 heterocycles. The number of ether oxygens (including phenoxy) is 1. The third-order valence-corrected chi connectivity index (χ3v) is 4.16. The summed E-state index contributed by atoms with van der Waals surface area (Å²) in [5.74, 6) is 1.60. The number of nitrogens with zero attached hydrogens (tertiary/aromatic N) is 3. The smallest absolute Gasteiger partial charge is 0.221 e. The standard InChI is InChI=1S/C19H27ClN4O2/c1-5-17-22-16-12-14(20)6-7-15(16)19(23-17)24(10-11-26-4)9-8-18(25)21-13(2)3/h6-7,12-13H,5,8-11H2,1-4H3,(H,21,25). The van der Waals surface area contributed by atoms with E-state index >= 15 is 0 Å². The molecule has 0 saturated heterocycles. The number of aromatic nitrogens is 2. The van der Waals surface area contributed by atoms with Crippen LogP contribution in [0, 0.1) is 0 Å². The molecular weight excluding hydrogens is 352 g/mol. The van der Waals surface area contributed by atoms with Gasteiger partial charge in [0.25, 0.3) is 0 Å². The number of carbonyl (C=O) groups is 1. The predicted molar refractivity (Wildman–Crippen MR) is 106 cm³/mol. The van der Waals surface area contributed by atoms with E-state index in [-0.39, 0.29) is 11.9 Å². The number of fused-ring (bicyclic) bond motifs is 1. The monoisotopic (exact) mass is 378 g/mol. The molecule has 0 aliphatic carbocycles. The minimum absolute atomic E-state index is 0.0273. The van der Waals surface area contributed by atoms with Crippen LogP contribution in [-0.4, -0.2) is 48.7 Å². The Labute approximate surface area is 159 Å². The van der Waals surface area contributed by atoms with Crippen LogP contribution in [0.1, 0.15) is 33.0 Å². The number of rotatable bonds is 9. The minimum atomic E-state index is 0.0273. The maximum atomic E-state index is 12.1. The molecule has 1 N–H and O–H groups in total. The summed E-state index contributed by atoms with van der Waals surface area (Å²) in [5, 5.41) is 4.49. The molecule has 26 heavy (non-hydrogen) atoms. The first-order chi connectivity index (χ1) is 12.4. The SMILES string of the molecule is CCc1nc(N(CCOC)CCC(=O)NC(C)C)c2ccc(Cl)cc2n1. The van der Waals surface area contributed by atoms with Gasteiger partial charge < -0.3 is 15.0 Å². The summed E-state index contributed by atoms with van der Waals surface area (Å²) < 4.78 is 5.25. The maximum absolute atomic E-state index is 12.1. The number of benzene rings is 1. The molecule has 1 aromatic carbocycles. The van der Waals surface area contributed by atoms with Gasteiger partial charge >= 0.3 is 0 Å². The zero-order valence-corrected chi connectivity index (χ0v) is 16.6. The molecule has 2 rings (SSSR count). The molecule has 1 amide bonds. The average Bonchev–Trinajstić information content (AvgIpc) is 2.60. The van der Waals surface area contributed by atoms with E-state index in [1.54, 1.807) is 7.11 Å². The molecule has 1 aromatic heterocycles. The number of methoxy groups -OCH3 is 1. The zero-order chi connectivity index (χ0) is 19.1. The van der Waals surface area contributed by atoms with E-state index in [1.807, 2.05) is 39.0 Å². The highest BCUT2D eigenvalue weighted by Gasteiger charge is 2.16. The second-order valence-electron chi connectivity index (χ2n) is 6.43. The van der Waals surface area contributed by atoms with Crippen molar-refractivity contribution in [1.82, 2.24) is 15.3 Å². The van der Waals surface area contributed by atoms with Crippen LogP contribution >= 0.6 is 11.6 Å². The molecule has 0 bridgehead atoms. The molecule has 0 atom stereocenters. The van der Waals surface area contributed by atoms with Crippen LogP contribution in [0.25, 0.3) is 10.9 Å². The summed E-state index contributed by atoms with van der Waals surface area (Å²) in [4.78, 5) is 23.5. The number of carbonyl (C=O) groups excluding carboxylic acids is 1. The second-order valence-corrected chi connectivity index (χ2v) is 6.87. The van der Waals surface area contributed by atoms with Crippen LogP contribution in [0.5, 0.6) is 0 Å². The molecule has 6 nitrogen and oxygen atoms in total. The van der Waals surface area contributed by atoms with Crippen molar-refractivity contribution in [3.63, 3.8) is 0 Å². The van der Waals surface area contributed by atoms with Gasteiger partial charge in [-0.15, -0.1) is 0 Å². The molecule has 0 aliphatic rings. The van der Waals surface area contributed by atoms with Crippen molar-refractivity contribution in [1.29, 1.82) is 0 Å². The van der Waals surface area contributed by atoms with Crippen molar-refractivity contribution < 1.29 is 9.53 Å².